The molecule has 0 saturated heterocycles. The van der Waals surface area contributed by atoms with Crippen molar-refractivity contribution in [3.63, 3.8) is 0 Å². The van der Waals surface area contributed by atoms with E-state index in [0.29, 0.717) is 29.9 Å². The second kappa shape index (κ2) is 8.09. The van der Waals surface area contributed by atoms with Crippen LogP contribution in [0.5, 0.6) is 5.75 Å². The zero-order valence-corrected chi connectivity index (χ0v) is 19.2. The maximum atomic E-state index is 13.6. The fourth-order valence-corrected chi connectivity index (χ4v) is 4.89. The highest BCUT2D eigenvalue weighted by molar-refractivity contribution is 6.16. The van der Waals surface area contributed by atoms with Gasteiger partial charge >= 0.3 is 0 Å². The lowest BCUT2D eigenvalue weighted by Crippen LogP contribution is -2.58. The van der Waals surface area contributed by atoms with E-state index in [2.05, 4.69) is 10.3 Å². The van der Waals surface area contributed by atoms with Crippen LogP contribution in [0.25, 0.3) is 21.8 Å². The van der Waals surface area contributed by atoms with Gasteiger partial charge in [0, 0.05) is 22.5 Å². The number of nitrogens with zero attached hydrogens (tertiary/aromatic N) is 2. The van der Waals surface area contributed by atoms with E-state index >= 15 is 0 Å². The molecule has 6 nitrogen and oxygen atoms in total. The van der Waals surface area contributed by atoms with E-state index in [1.165, 1.54) is 0 Å². The number of carbonyl (C=O) groups is 2. The molecule has 172 valence electrons. The molecule has 1 atom stereocenters. The fourth-order valence-electron chi connectivity index (χ4n) is 4.89. The van der Waals surface area contributed by atoms with Crippen LogP contribution < -0.4 is 10.1 Å². The molecule has 1 aliphatic rings. The lowest BCUT2D eigenvalue weighted by Gasteiger charge is -2.38. The Labute approximate surface area is 202 Å². The van der Waals surface area contributed by atoms with E-state index in [-0.39, 0.29) is 11.7 Å². The number of nitrogens with one attached hydrogen (secondary N) is 1. The minimum absolute atomic E-state index is 0.115. The number of ether oxygens (including phenoxy) is 1. The molecule has 5 aromatic rings. The number of rotatable bonds is 5. The molecule has 0 saturated carbocycles. The highest BCUT2D eigenvalue weighted by Gasteiger charge is 2.46. The van der Waals surface area contributed by atoms with Gasteiger partial charge < -0.3 is 14.6 Å². The smallest absolute Gasteiger partial charge is 0.254 e. The van der Waals surface area contributed by atoms with Crippen molar-refractivity contribution < 1.29 is 14.3 Å². The fraction of sp³-hybridized carbons (Fsp3) is 0.138. The van der Waals surface area contributed by atoms with E-state index < -0.39 is 5.66 Å². The van der Waals surface area contributed by atoms with Crippen molar-refractivity contribution in [3.05, 3.63) is 108 Å². The van der Waals surface area contributed by atoms with Gasteiger partial charge in [0.2, 0.25) is 5.78 Å². The monoisotopic (exact) mass is 461 g/mol. The van der Waals surface area contributed by atoms with Crippen molar-refractivity contribution in [2.24, 2.45) is 0 Å². The molecule has 1 aliphatic heterocycles. The molecule has 6 rings (SSSR count). The summed E-state index contributed by atoms with van der Waals surface area (Å²) in [6, 6.07) is 26.7. The molecule has 0 radical (unpaired) electrons. The number of fused-ring (bicyclic) bond motifs is 3. The zero-order valence-electron chi connectivity index (χ0n) is 19.2. The van der Waals surface area contributed by atoms with Gasteiger partial charge in [0.15, 0.2) is 5.66 Å². The quantitative estimate of drug-likeness (QED) is 0.377. The zero-order chi connectivity index (χ0) is 24.0. The number of benzene rings is 3. The topological polar surface area (TPSA) is 73.2 Å². The summed E-state index contributed by atoms with van der Waals surface area (Å²) in [6.45, 7) is 2.26. The van der Waals surface area contributed by atoms with Crippen LogP contribution in [0.3, 0.4) is 0 Å². The first kappa shape index (κ1) is 21.1. The third-order valence-electron chi connectivity index (χ3n) is 6.74. The van der Waals surface area contributed by atoms with Crippen molar-refractivity contribution >= 4 is 33.5 Å². The normalized spacial score (nSPS) is 17.4. The number of ketones is 1. The number of para-hydroxylation sites is 1. The predicted octanol–water partition coefficient (Wildman–Crippen LogP) is 5.46. The summed E-state index contributed by atoms with van der Waals surface area (Å²) in [5.74, 6) is 0.349. The standard InChI is InChI=1S/C29H23N3O3/c1-2-29(27(33)23-8-4-5-9-24(23)28(34)31-29)32-16-15-20-17-22(13-14-26(20)32)35-18-21-12-11-19-7-3-6-10-25(19)30-21/h3-17H,2,18H2,1H3,(H,31,34). The Kier molecular flexibility index (Phi) is 4.88. The Morgan fingerprint density at radius 1 is 0.886 bits per heavy atom. The van der Waals surface area contributed by atoms with Crippen molar-refractivity contribution in [2.45, 2.75) is 25.6 Å². The number of aromatic nitrogens is 2. The average Bonchev–Trinajstić information content (AvgIpc) is 3.33. The summed E-state index contributed by atoms with van der Waals surface area (Å²) in [7, 11) is 0. The summed E-state index contributed by atoms with van der Waals surface area (Å²) in [6.07, 6.45) is 2.27. The molecule has 35 heavy (non-hydrogen) atoms. The van der Waals surface area contributed by atoms with Gasteiger partial charge in [-0.2, -0.15) is 0 Å². The van der Waals surface area contributed by atoms with Crippen LogP contribution in [0.4, 0.5) is 0 Å². The summed E-state index contributed by atoms with van der Waals surface area (Å²) >= 11 is 0. The minimum Gasteiger partial charge on any atom is -0.487 e. The van der Waals surface area contributed by atoms with Crippen molar-refractivity contribution in [2.75, 3.05) is 0 Å². The van der Waals surface area contributed by atoms with Crippen molar-refractivity contribution in [3.8, 4) is 5.75 Å². The highest BCUT2D eigenvalue weighted by Crippen LogP contribution is 2.34. The SMILES string of the molecule is CCC1(n2ccc3cc(OCc4ccc5ccccc5n4)ccc32)NC(=O)c2ccccc2C1=O. The Bertz CT molecular complexity index is 1620. The van der Waals surface area contributed by atoms with Gasteiger partial charge in [-0.1, -0.05) is 49.4 Å². The Morgan fingerprint density at radius 3 is 2.54 bits per heavy atom. The van der Waals surface area contributed by atoms with Crippen LogP contribution in [-0.2, 0) is 12.3 Å². The molecule has 3 aromatic carbocycles. The first-order valence-electron chi connectivity index (χ1n) is 11.6. The highest BCUT2D eigenvalue weighted by atomic mass is 16.5. The second-order valence-corrected chi connectivity index (χ2v) is 8.73. The van der Waals surface area contributed by atoms with E-state index in [9.17, 15) is 9.59 Å². The number of pyridine rings is 1. The third kappa shape index (κ3) is 3.37. The molecule has 1 unspecified atom stereocenters. The molecule has 6 heteroatoms. The van der Waals surface area contributed by atoms with E-state index in [1.807, 2.05) is 78.4 Å². The summed E-state index contributed by atoms with van der Waals surface area (Å²) in [4.78, 5) is 31.2. The summed E-state index contributed by atoms with van der Waals surface area (Å²) in [5.41, 5.74) is 2.31. The van der Waals surface area contributed by atoms with Crippen molar-refractivity contribution in [1.29, 1.82) is 0 Å². The van der Waals surface area contributed by atoms with E-state index in [0.717, 1.165) is 27.5 Å². The predicted molar refractivity (Wildman–Crippen MR) is 135 cm³/mol. The van der Waals surface area contributed by atoms with E-state index in [1.54, 1.807) is 24.3 Å². The van der Waals surface area contributed by atoms with Crippen LogP contribution >= 0.6 is 0 Å². The van der Waals surface area contributed by atoms with Crippen LogP contribution in [0.2, 0.25) is 0 Å². The van der Waals surface area contributed by atoms with Gasteiger partial charge in [0.25, 0.3) is 5.91 Å². The Hall–Kier alpha value is -4.45. The van der Waals surface area contributed by atoms with Gasteiger partial charge in [-0.3, -0.25) is 9.59 Å². The maximum absolute atomic E-state index is 13.6. The second-order valence-electron chi connectivity index (χ2n) is 8.73. The average molecular weight is 462 g/mol. The van der Waals surface area contributed by atoms with Gasteiger partial charge in [-0.05, 0) is 48.9 Å². The van der Waals surface area contributed by atoms with Crippen LogP contribution in [-0.4, -0.2) is 21.2 Å². The Morgan fingerprint density at radius 2 is 1.69 bits per heavy atom. The molecule has 0 fully saturated rings. The summed E-state index contributed by atoms with van der Waals surface area (Å²) in [5, 5.41) is 5.00. The largest absolute Gasteiger partial charge is 0.487 e. The first-order valence-corrected chi connectivity index (χ1v) is 11.6. The molecular formula is C29H23N3O3. The minimum atomic E-state index is -1.18. The maximum Gasteiger partial charge on any atom is 0.254 e. The molecule has 0 bridgehead atoms. The van der Waals surface area contributed by atoms with Gasteiger partial charge in [-0.15, -0.1) is 0 Å². The van der Waals surface area contributed by atoms with Crippen molar-refractivity contribution in [1.82, 2.24) is 14.9 Å². The number of carbonyl (C=O) groups excluding carboxylic acids is 2. The summed E-state index contributed by atoms with van der Waals surface area (Å²) < 4.78 is 7.90. The molecule has 2 aromatic heterocycles. The van der Waals surface area contributed by atoms with Crippen LogP contribution in [0.1, 0.15) is 39.8 Å². The van der Waals surface area contributed by atoms with Crippen LogP contribution in [0, 0.1) is 0 Å². The third-order valence-corrected chi connectivity index (χ3v) is 6.74. The van der Waals surface area contributed by atoms with Gasteiger partial charge in [0.1, 0.15) is 12.4 Å². The number of hydrogen-bond donors (Lipinski definition) is 1. The first-order chi connectivity index (χ1) is 17.1. The lowest BCUT2D eigenvalue weighted by atomic mass is 9.87. The molecule has 1 N–H and O–H groups in total. The Balaban J connectivity index is 1.31. The van der Waals surface area contributed by atoms with Gasteiger partial charge in [0.05, 0.1) is 22.3 Å². The van der Waals surface area contributed by atoms with Crippen LogP contribution in [0.15, 0.2) is 91.1 Å². The molecular weight excluding hydrogens is 438 g/mol. The number of Topliss-reactive ketones (excluding diaryl/α,β-unsaturated/α-hetero) is 1. The van der Waals surface area contributed by atoms with Gasteiger partial charge in [-0.25, -0.2) is 4.98 Å². The number of hydrogen-bond acceptors (Lipinski definition) is 4. The number of amides is 1. The van der Waals surface area contributed by atoms with E-state index in [4.69, 9.17) is 4.74 Å². The molecule has 0 aliphatic carbocycles. The molecule has 3 heterocycles. The lowest BCUT2D eigenvalue weighted by molar-refractivity contribution is 0.0629. The molecule has 1 amide bonds. The molecule has 0 spiro atoms.